The van der Waals surface area contributed by atoms with Crippen molar-refractivity contribution in [3.8, 4) is 0 Å². The molecule has 1 aliphatic carbocycles. The van der Waals surface area contributed by atoms with Crippen LogP contribution in [-0.2, 0) is 24.1 Å². The van der Waals surface area contributed by atoms with Gasteiger partial charge >= 0.3 is 58.2 Å². The Kier molecular flexibility index (Phi) is 8.94. The molecule has 17 heavy (non-hydrogen) atoms. The van der Waals surface area contributed by atoms with Gasteiger partial charge in [0.2, 0.25) is 5.78 Å². The normalized spacial score (nSPS) is 24.8. The molecule has 0 heterocycles. The smallest absolute Gasteiger partial charge is 0.409 e. The van der Waals surface area contributed by atoms with Gasteiger partial charge in [0, 0.05) is 11.0 Å². The molecule has 0 amide bonds. The van der Waals surface area contributed by atoms with Gasteiger partial charge in [-0.1, -0.05) is 15.9 Å². The molecule has 0 radical (unpaired) electrons. The first-order chi connectivity index (χ1) is 7.28. The van der Waals surface area contributed by atoms with E-state index in [1.807, 2.05) is 4.72 Å². The summed E-state index contributed by atoms with van der Waals surface area (Å²) in [5, 5.41) is 10.1. The van der Waals surface area contributed by atoms with Gasteiger partial charge in [-0.15, -0.1) is 0 Å². The summed E-state index contributed by atoms with van der Waals surface area (Å²) in [5.41, 5.74) is -1.59. The number of hydrogen-bond acceptors (Lipinski definition) is 5. The Morgan fingerprint density at radius 3 is 2.35 bits per heavy atom. The first kappa shape index (κ1) is 19.3. The van der Waals surface area contributed by atoms with Gasteiger partial charge in [0.05, 0.1) is 8.96 Å². The Balaban J connectivity index is 0.00000256. The van der Waals surface area contributed by atoms with Gasteiger partial charge in [-0.3, -0.25) is 4.79 Å². The van der Waals surface area contributed by atoms with Gasteiger partial charge in [0.15, 0.2) is 0 Å². The van der Waals surface area contributed by atoms with E-state index in [1.54, 1.807) is 0 Å². The number of rotatable bonds is 3. The average molecular weight is 524 g/mol. The molecular formula is C7H5Br3NO4RbS. The van der Waals surface area contributed by atoms with E-state index < -0.39 is 16.5 Å². The van der Waals surface area contributed by atoms with Crippen molar-refractivity contribution in [1.82, 2.24) is 4.72 Å². The molecule has 0 fully saturated rings. The van der Waals surface area contributed by atoms with Gasteiger partial charge in [0.25, 0.3) is 0 Å². The number of carbonyl (C=O) groups is 1. The second kappa shape index (κ2) is 7.89. The Labute approximate surface area is 174 Å². The molecule has 1 rings (SSSR count). The second-order valence-corrected chi connectivity index (χ2v) is 6.13. The van der Waals surface area contributed by atoms with Crippen molar-refractivity contribution in [2.45, 2.75) is 5.60 Å². The number of halogens is 3. The van der Waals surface area contributed by atoms with Gasteiger partial charge in [-0.25, -0.2) is 0 Å². The number of nitrogens with one attached hydrogen (secondary N) is 1. The molecule has 0 saturated heterocycles. The summed E-state index contributed by atoms with van der Waals surface area (Å²) < 4.78 is 23.2. The number of allylic oxidation sites excluding steroid dienone is 2. The van der Waals surface area contributed by atoms with Crippen LogP contribution in [0.3, 0.4) is 0 Å². The van der Waals surface area contributed by atoms with Crippen LogP contribution in [0.5, 0.6) is 0 Å². The molecule has 0 saturated carbocycles. The maximum absolute atomic E-state index is 11.5. The molecule has 0 bridgehead atoms. The van der Waals surface area contributed by atoms with Crippen LogP contribution in [0.4, 0.5) is 0 Å². The Hall–Kier alpha value is 2.27. The average Bonchev–Trinajstić information content (AvgIpc) is 2.21. The fraction of sp³-hybridized carbons (Fsp3) is 0.286. The maximum atomic E-state index is 11.5. The molecule has 1 aliphatic rings. The summed E-state index contributed by atoms with van der Waals surface area (Å²) in [4.78, 5) is 11.5. The quantitative estimate of drug-likeness (QED) is 0.436. The van der Waals surface area contributed by atoms with Gasteiger partial charge in [-0.2, -0.15) is 0 Å². The van der Waals surface area contributed by atoms with E-state index in [4.69, 9.17) is 0 Å². The maximum Gasteiger partial charge on any atom is 1.00 e. The molecule has 5 nitrogen and oxygen atoms in total. The monoisotopic (exact) mass is 521 g/mol. The Morgan fingerprint density at radius 2 is 1.88 bits per heavy atom. The molecule has 0 aromatic heterocycles. The third-order valence-electron chi connectivity index (χ3n) is 1.81. The minimum absolute atomic E-state index is 0. The van der Waals surface area contributed by atoms with Crippen LogP contribution in [0.1, 0.15) is 0 Å². The number of aliphatic hydroxyl groups is 1. The largest absolute Gasteiger partial charge is 1.00 e. The summed E-state index contributed by atoms with van der Waals surface area (Å²) >= 11 is 9.05. The van der Waals surface area contributed by atoms with Crippen LogP contribution in [0.15, 0.2) is 19.5 Å². The molecule has 0 aliphatic heterocycles. The van der Waals surface area contributed by atoms with E-state index in [2.05, 4.69) is 47.8 Å². The molecule has 0 aromatic rings. The molecule has 1 atom stereocenters. The predicted molar refractivity (Wildman–Crippen MR) is 68.6 cm³/mol. The van der Waals surface area contributed by atoms with Crippen molar-refractivity contribution in [3.05, 3.63) is 19.5 Å². The molecule has 0 aromatic carbocycles. The zero-order valence-electron chi connectivity index (χ0n) is 8.50. The third kappa shape index (κ3) is 4.94. The van der Waals surface area contributed by atoms with Gasteiger partial charge in [0.1, 0.15) is 5.60 Å². The number of carbonyl (C=O) groups excluding carboxylic acids is 1. The summed E-state index contributed by atoms with van der Waals surface area (Å²) in [6.07, 6.45) is 1.23. The molecule has 10 heteroatoms. The van der Waals surface area contributed by atoms with E-state index >= 15 is 0 Å². The van der Waals surface area contributed by atoms with E-state index in [0.29, 0.717) is 0 Å². The summed E-state index contributed by atoms with van der Waals surface area (Å²) in [6.45, 7) is -0.277. The topological polar surface area (TPSA) is 83.5 Å². The van der Waals surface area contributed by atoms with Crippen molar-refractivity contribution in [2.75, 3.05) is 6.54 Å². The van der Waals surface area contributed by atoms with Crippen molar-refractivity contribution in [2.24, 2.45) is 0 Å². The van der Waals surface area contributed by atoms with E-state index in [-0.39, 0.29) is 84.0 Å². The zero-order chi connectivity index (χ0) is 12.5. The van der Waals surface area contributed by atoms with Gasteiger partial charge in [-0.05, 0) is 48.8 Å². The number of hydrogen-bond donors (Lipinski definition) is 2. The summed E-state index contributed by atoms with van der Waals surface area (Å²) in [6, 6.07) is 0. The molecule has 1 unspecified atom stereocenters. The first-order valence-electron chi connectivity index (χ1n) is 3.82. The standard InChI is InChI=1S/C7H5Br3NO4S.Rb/c8-3-1-7(13,2-11-16(14)15)6(10)4(9)5(3)12;/h1,13H,2H2,(H,11,14,15);/q-1;+1. The fourth-order valence-electron chi connectivity index (χ4n) is 1.03. The van der Waals surface area contributed by atoms with E-state index in [1.165, 1.54) is 6.08 Å². The predicted octanol–water partition coefficient (Wildman–Crippen LogP) is -1.60. The molecular weight excluding hydrogens is 519 g/mol. The number of ketones is 1. The van der Waals surface area contributed by atoms with Gasteiger partial charge < -0.3 is 18.2 Å². The third-order valence-corrected chi connectivity index (χ3v) is 5.15. The first-order valence-corrected chi connectivity index (χ1v) is 7.27. The van der Waals surface area contributed by atoms with Crippen LogP contribution < -0.4 is 62.9 Å². The SMILES string of the molecule is O=C1C(Br)=CC(O)(CN[S-](=O)=O)C(Br)=C1Br.[Rb+]. The van der Waals surface area contributed by atoms with Crippen molar-refractivity contribution >= 4 is 64.5 Å². The van der Waals surface area contributed by atoms with E-state index in [0.717, 1.165) is 0 Å². The summed E-state index contributed by atoms with van der Waals surface area (Å²) in [7, 11) is -2.49. The van der Waals surface area contributed by atoms with Crippen LogP contribution in [0, 0.1) is 0 Å². The fourth-order valence-corrected chi connectivity index (χ4v) is 3.20. The minimum Gasteiger partial charge on any atom is -0.409 e. The molecule has 90 valence electrons. The number of Topliss-reactive ketones (excluding diaryl/α,β-unsaturated/α-hetero) is 1. The van der Waals surface area contributed by atoms with E-state index in [9.17, 15) is 18.3 Å². The van der Waals surface area contributed by atoms with Crippen LogP contribution in [0.2, 0.25) is 0 Å². The minimum atomic E-state index is -2.49. The summed E-state index contributed by atoms with van der Waals surface area (Å²) in [5.74, 6) is -0.334. The molecule has 2 N–H and O–H groups in total. The van der Waals surface area contributed by atoms with Crippen LogP contribution in [-0.4, -0.2) is 23.0 Å². The Morgan fingerprint density at radius 1 is 1.35 bits per heavy atom. The zero-order valence-corrected chi connectivity index (χ0v) is 19.0. The van der Waals surface area contributed by atoms with Crippen molar-refractivity contribution in [1.29, 1.82) is 0 Å². The van der Waals surface area contributed by atoms with Crippen molar-refractivity contribution < 1.29 is 76.5 Å². The molecule has 0 spiro atoms. The van der Waals surface area contributed by atoms with Crippen LogP contribution >= 0.6 is 47.8 Å². The van der Waals surface area contributed by atoms with Crippen LogP contribution in [0.25, 0.3) is 0 Å². The Bertz CT molecular complexity index is 468. The second-order valence-electron chi connectivity index (χ2n) is 2.93. The van der Waals surface area contributed by atoms with Crippen molar-refractivity contribution in [3.63, 3.8) is 0 Å².